The first-order valence-electron chi connectivity index (χ1n) is 6.39. The van der Waals surface area contributed by atoms with E-state index < -0.39 is 0 Å². The van der Waals surface area contributed by atoms with Crippen molar-refractivity contribution in [2.45, 2.75) is 29.5 Å². The van der Waals surface area contributed by atoms with E-state index in [1.54, 1.807) is 24.2 Å². The van der Waals surface area contributed by atoms with E-state index in [1.165, 1.54) is 5.56 Å². The number of nitrogens with two attached hydrogens (primary N) is 1. The van der Waals surface area contributed by atoms with E-state index in [0.29, 0.717) is 10.0 Å². The minimum atomic E-state index is 0.0665. The molecule has 0 spiro atoms. The Balaban J connectivity index is 2.26. The summed E-state index contributed by atoms with van der Waals surface area (Å²) in [6.45, 7) is 2.09. The fourth-order valence-electron chi connectivity index (χ4n) is 1.87. The molecular formula is C15H16Cl2N2S. The maximum atomic E-state index is 6.26. The Morgan fingerprint density at radius 2 is 1.85 bits per heavy atom. The molecule has 0 aliphatic carbocycles. The van der Waals surface area contributed by atoms with Crippen LogP contribution in [0.25, 0.3) is 0 Å². The zero-order valence-corrected chi connectivity index (χ0v) is 13.4. The van der Waals surface area contributed by atoms with E-state index in [2.05, 4.69) is 11.9 Å². The van der Waals surface area contributed by atoms with Gasteiger partial charge in [0.15, 0.2) is 0 Å². The first-order valence-corrected chi connectivity index (χ1v) is 8.02. The highest BCUT2D eigenvalue weighted by molar-refractivity contribution is 7.99. The van der Waals surface area contributed by atoms with Gasteiger partial charge in [0.25, 0.3) is 0 Å². The van der Waals surface area contributed by atoms with Crippen molar-refractivity contribution in [1.29, 1.82) is 0 Å². The molecule has 2 N–H and O–H groups in total. The summed E-state index contributed by atoms with van der Waals surface area (Å²) < 4.78 is 0. The Morgan fingerprint density at radius 1 is 1.15 bits per heavy atom. The maximum absolute atomic E-state index is 6.26. The summed E-state index contributed by atoms with van der Waals surface area (Å²) in [5.41, 5.74) is 7.44. The molecule has 1 heterocycles. The van der Waals surface area contributed by atoms with Gasteiger partial charge >= 0.3 is 0 Å². The van der Waals surface area contributed by atoms with Gasteiger partial charge in [0.1, 0.15) is 0 Å². The van der Waals surface area contributed by atoms with Crippen molar-refractivity contribution < 1.29 is 0 Å². The second-order valence-electron chi connectivity index (χ2n) is 4.47. The predicted octanol–water partition coefficient (Wildman–Crippen LogP) is 4.96. The summed E-state index contributed by atoms with van der Waals surface area (Å²) >= 11 is 13.7. The minimum Gasteiger partial charge on any atom is -0.326 e. The Bertz CT molecular complexity index is 563. The minimum absolute atomic E-state index is 0.0665. The van der Waals surface area contributed by atoms with Crippen LogP contribution in [0.1, 0.15) is 24.2 Å². The molecule has 106 valence electrons. The highest BCUT2D eigenvalue weighted by Gasteiger charge is 2.20. The molecule has 0 bridgehead atoms. The predicted molar refractivity (Wildman–Crippen MR) is 87.6 cm³/mol. The zero-order chi connectivity index (χ0) is 14.5. The first-order chi connectivity index (χ1) is 9.61. The number of pyridine rings is 1. The van der Waals surface area contributed by atoms with E-state index >= 15 is 0 Å². The largest absolute Gasteiger partial charge is 0.326 e. The highest BCUT2D eigenvalue weighted by atomic mass is 35.5. The van der Waals surface area contributed by atoms with Crippen LogP contribution in [0, 0.1) is 0 Å². The maximum Gasteiger partial charge on any atom is 0.0603 e. The number of nitrogens with zero attached hydrogens (tertiary/aromatic N) is 1. The lowest BCUT2D eigenvalue weighted by molar-refractivity contribution is 0.634. The zero-order valence-electron chi connectivity index (χ0n) is 11.1. The summed E-state index contributed by atoms with van der Waals surface area (Å²) in [6.07, 6.45) is 4.49. The average molecular weight is 327 g/mol. The van der Waals surface area contributed by atoms with Crippen LogP contribution in [0.5, 0.6) is 0 Å². The van der Waals surface area contributed by atoms with Gasteiger partial charge in [0, 0.05) is 28.6 Å². The van der Waals surface area contributed by atoms with Crippen LogP contribution < -0.4 is 5.73 Å². The van der Waals surface area contributed by atoms with Gasteiger partial charge < -0.3 is 5.73 Å². The lowest BCUT2D eigenvalue weighted by Gasteiger charge is -2.23. The summed E-state index contributed by atoms with van der Waals surface area (Å²) in [4.78, 5) is 5.12. The number of halogens is 2. The third-order valence-corrected chi connectivity index (χ3v) is 5.19. The molecule has 2 aromatic rings. The molecule has 0 fully saturated rings. The fraction of sp³-hybridized carbons (Fsp3) is 0.267. The first kappa shape index (κ1) is 15.6. The fourth-order valence-corrected chi connectivity index (χ4v) is 3.52. The molecule has 0 saturated carbocycles. The van der Waals surface area contributed by atoms with Crippen molar-refractivity contribution >= 4 is 35.0 Å². The lowest BCUT2D eigenvalue weighted by atomic mass is 10.1. The average Bonchev–Trinajstić information content (AvgIpc) is 2.48. The van der Waals surface area contributed by atoms with Crippen LogP contribution in [-0.4, -0.2) is 11.0 Å². The molecule has 1 aromatic heterocycles. The molecule has 5 heteroatoms. The molecule has 2 atom stereocenters. The smallest absolute Gasteiger partial charge is 0.0603 e. The third kappa shape index (κ3) is 3.89. The van der Waals surface area contributed by atoms with E-state index in [0.717, 1.165) is 11.3 Å². The van der Waals surface area contributed by atoms with Crippen molar-refractivity contribution in [3.05, 3.63) is 58.3 Å². The number of aromatic nitrogens is 1. The molecule has 20 heavy (non-hydrogen) atoms. The molecule has 0 radical (unpaired) electrons. The third-order valence-electron chi connectivity index (χ3n) is 3.05. The molecule has 0 aliphatic heterocycles. The van der Waals surface area contributed by atoms with Gasteiger partial charge in [-0.1, -0.05) is 30.1 Å². The van der Waals surface area contributed by atoms with E-state index in [1.807, 2.05) is 30.3 Å². The Morgan fingerprint density at radius 3 is 2.45 bits per heavy atom. The van der Waals surface area contributed by atoms with Crippen molar-refractivity contribution in [3.63, 3.8) is 0 Å². The number of thioether (sulfide) groups is 1. The standard InChI is InChI=1S/C15H16Cl2N2S/c1-2-14(18)15(10-5-7-19-8-6-10)20-11-3-4-12(16)13(17)9-11/h3-9,14-15H,2,18H2,1H3. The normalized spacial score (nSPS) is 14.0. The van der Waals surface area contributed by atoms with Crippen molar-refractivity contribution in [1.82, 2.24) is 4.98 Å². The van der Waals surface area contributed by atoms with Crippen LogP contribution >= 0.6 is 35.0 Å². The second-order valence-corrected chi connectivity index (χ2v) is 6.50. The molecule has 2 rings (SSSR count). The summed E-state index contributed by atoms with van der Waals surface area (Å²) in [6, 6.07) is 9.74. The quantitative estimate of drug-likeness (QED) is 0.789. The molecule has 0 aliphatic rings. The molecular weight excluding hydrogens is 311 g/mol. The highest BCUT2D eigenvalue weighted by Crippen LogP contribution is 2.39. The van der Waals surface area contributed by atoms with Gasteiger partial charge in [-0.25, -0.2) is 0 Å². The van der Waals surface area contributed by atoms with Crippen LogP contribution in [0.3, 0.4) is 0 Å². The van der Waals surface area contributed by atoms with Crippen molar-refractivity contribution in [2.75, 3.05) is 0 Å². The Hall–Kier alpha value is -0.740. The Kier molecular flexibility index (Phi) is 5.73. The van der Waals surface area contributed by atoms with Gasteiger partial charge in [-0.2, -0.15) is 0 Å². The van der Waals surface area contributed by atoms with Gasteiger partial charge in [0.2, 0.25) is 0 Å². The number of rotatable bonds is 5. The van der Waals surface area contributed by atoms with Crippen molar-refractivity contribution in [3.8, 4) is 0 Å². The summed E-state index contributed by atoms with van der Waals surface area (Å²) in [5, 5.41) is 1.30. The van der Waals surface area contributed by atoms with Crippen LogP contribution in [0.4, 0.5) is 0 Å². The van der Waals surface area contributed by atoms with Crippen molar-refractivity contribution in [2.24, 2.45) is 5.73 Å². The van der Waals surface area contributed by atoms with Gasteiger partial charge in [-0.15, -0.1) is 11.8 Å². The van der Waals surface area contributed by atoms with Crippen LogP contribution in [0.15, 0.2) is 47.6 Å². The topological polar surface area (TPSA) is 38.9 Å². The lowest BCUT2D eigenvalue weighted by Crippen LogP contribution is -2.25. The number of hydrogen-bond acceptors (Lipinski definition) is 3. The van der Waals surface area contributed by atoms with Crippen LogP contribution in [0.2, 0.25) is 10.0 Å². The Labute approximate surface area is 133 Å². The number of hydrogen-bond donors (Lipinski definition) is 1. The molecule has 2 nitrogen and oxygen atoms in total. The van der Waals surface area contributed by atoms with Crippen LogP contribution in [-0.2, 0) is 0 Å². The van der Waals surface area contributed by atoms with E-state index in [-0.39, 0.29) is 11.3 Å². The molecule has 2 unspecified atom stereocenters. The molecule has 0 saturated heterocycles. The monoisotopic (exact) mass is 326 g/mol. The molecule has 0 amide bonds. The second kappa shape index (κ2) is 7.32. The SMILES string of the molecule is CCC(N)C(Sc1ccc(Cl)c(Cl)c1)c1ccncc1. The van der Waals surface area contributed by atoms with E-state index in [9.17, 15) is 0 Å². The molecule has 1 aromatic carbocycles. The number of benzene rings is 1. The summed E-state index contributed by atoms with van der Waals surface area (Å²) in [7, 11) is 0. The van der Waals surface area contributed by atoms with E-state index in [4.69, 9.17) is 28.9 Å². The van der Waals surface area contributed by atoms with Gasteiger partial charge in [0.05, 0.1) is 10.0 Å². The summed E-state index contributed by atoms with van der Waals surface area (Å²) in [5.74, 6) is 0. The van der Waals surface area contributed by atoms with Gasteiger partial charge in [-0.3, -0.25) is 4.98 Å². The van der Waals surface area contributed by atoms with Gasteiger partial charge in [-0.05, 0) is 42.3 Å².